The van der Waals surface area contributed by atoms with Crippen LogP contribution in [0.4, 0.5) is 5.95 Å². The molecule has 0 unspecified atom stereocenters. The van der Waals surface area contributed by atoms with E-state index in [1.165, 1.54) is 37.4 Å². The molecule has 2 aliphatic rings. The summed E-state index contributed by atoms with van der Waals surface area (Å²) in [5.74, 6) is 3.46. The van der Waals surface area contributed by atoms with Gasteiger partial charge in [-0.25, -0.2) is 9.97 Å². The van der Waals surface area contributed by atoms with E-state index in [1.807, 2.05) is 25.6 Å². The third-order valence-electron chi connectivity index (χ3n) is 5.51. The van der Waals surface area contributed by atoms with E-state index in [4.69, 9.17) is 0 Å². The minimum Gasteiger partial charge on any atom is -0.355 e. The van der Waals surface area contributed by atoms with Gasteiger partial charge in [-0.2, -0.15) is 0 Å². The van der Waals surface area contributed by atoms with E-state index in [-0.39, 0.29) is 0 Å². The highest BCUT2D eigenvalue weighted by molar-refractivity contribution is 7.09. The average molecular weight is 331 g/mol. The maximum absolute atomic E-state index is 4.45. The quantitative estimate of drug-likeness (QED) is 0.915. The molecule has 23 heavy (non-hydrogen) atoms. The molecular formula is C17H25N5S. The number of thiazole rings is 1. The summed E-state index contributed by atoms with van der Waals surface area (Å²) in [5.41, 5.74) is 0. The van der Waals surface area contributed by atoms with E-state index >= 15 is 0 Å². The second-order valence-corrected chi connectivity index (χ2v) is 7.96. The second-order valence-electron chi connectivity index (χ2n) is 6.98. The third-order valence-corrected chi connectivity index (χ3v) is 6.27. The van der Waals surface area contributed by atoms with E-state index in [0.717, 1.165) is 36.8 Å². The lowest BCUT2D eigenvalue weighted by Gasteiger charge is -2.33. The number of nitrogens with zero attached hydrogens (tertiary/aromatic N) is 4. The number of hydrogen-bond acceptors (Lipinski definition) is 5. The zero-order valence-electron chi connectivity index (χ0n) is 13.7. The summed E-state index contributed by atoms with van der Waals surface area (Å²) in [4.78, 5) is 11.5. The molecule has 0 spiro atoms. The van der Waals surface area contributed by atoms with Gasteiger partial charge in [-0.3, -0.25) is 4.90 Å². The highest BCUT2D eigenvalue weighted by atomic mass is 32.1. The van der Waals surface area contributed by atoms with Crippen LogP contribution in [0.3, 0.4) is 0 Å². The smallest absolute Gasteiger partial charge is 0.202 e. The van der Waals surface area contributed by atoms with Crippen molar-refractivity contribution >= 4 is 17.3 Å². The Morgan fingerprint density at radius 3 is 3.00 bits per heavy atom. The Balaban J connectivity index is 1.36. The van der Waals surface area contributed by atoms with Gasteiger partial charge < -0.3 is 9.88 Å². The predicted octanol–water partition coefficient (Wildman–Crippen LogP) is 2.84. The van der Waals surface area contributed by atoms with E-state index in [0.29, 0.717) is 0 Å². The SMILES string of the molecule is Cn1ccnc1NC[C@@H]1CCC[C@@H]2CN(Cc3nccs3)C[C@@H]21. The summed E-state index contributed by atoms with van der Waals surface area (Å²) >= 11 is 1.78. The van der Waals surface area contributed by atoms with Gasteiger partial charge in [0.25, 0.3) is 0 Å². The lowest BCUT2D eigenvalue weighted by atomic mass is 9.74. The molecule has 1 aliphatic carbocycles. The monoisotopic (exact) mass is 331 g/mol. The van der Waals surface area contributed by atoms with Gasteiger partial charge in [0, 0.05) is 50.7 Å². The van der Waals surface area contributed by atoms with Crippen LogP contribution in [0.15, 0.2) is 24.0 Å². The number of aryl methyl sites for hydroxylation is 1. The molecule has 6 heteroatoms. The molecule has 0 aromatic carbocycles. The van der Waals surface area contributed by atoms with Gasteiger partial charge in [-0.15, -0.1) is 11.3 Å². The number of likely N-dealkylation sites (tertiary alicyclic amines) is 1. The molecular weight excluding hydrogens is 306 g/mol. The average Bonchev–Trinajstić information content (AvgIpc) is 3.26. The van der Waals surface area contributed by atoms with Crippen LogP contribution < -0.4 is 5.32 Å². The number of fused-ring (bicyclic) bond motifs is 1. The first kappa shape index (κ1) is 15.1. The first-order valence-electron chi connectivity index (χ1n) is 8.61. The molecule has 0 radical (unpaired) electrons. The second kappa shape index (κ2) is 6.61. The van der Waals surface area contributed by atoms with E-state index in [1.54, 1.807) is 11.3 Å². The van der Waals surface area contributed by atoms with E-state index < -0.39 is 0 Å². The molecule has 3 atom stereocenters. The van der Waals surface area contributed by atoms with Gasteiger partial charge in [0.1, 0.15) is 5.01 Å². The Hall–Kier alpha value is -1.40. The van der Waals surface area contributed by atoms with Gasteiger partial charge in [-0.1, -0.05) is 6.42 Å². The van der Waals surface area contributed by atoms with Crippen molar-refractivity contribution in [1.29, 1.82) is 0 Å². The van der Waals surface area contributed by atoms with Crippen LogP contribution in [-0.4, -0.2) is 39.1 Å². The molecule has 2 aromatic heterocycles. The fourth-order valence-corrected chi connectivity index (χ4v) is 5.01. The lowest BCUT2D eigenvalue weighted by Crippen LogP contribution is -2.32. The van der Waals surface area contributed by atoms with Crippen molar-refractivity contribution in [3.8, 4) is 0 Å². The van der Waals surface area contributed by atoms with Crippen LogP contribution in [0.25, 0.3) is 0 Å². The first-order valence-corrected chi connectivity index (χ1v) is 9.49. The van der Waals surface area contributed by atoms with Gasteiger partial charge in [0.15, 0.2) is 0 Å². The highest BCUT2D eigenvalue weighted by Gasteiger charge is 2.40. The molecule has 0 bridgehead atoms. The van der Waals surface area contributed by atoms with Crippen molar-refractivity contribution in [2.75, 3.05) is 25.0 Å². The largest absolute Gasteiger partial charge is 0.355 e. The Morgan fingerprint density at radius 1 is 1.26 bits per heavy atom. The Labute approximate surface area is 141 Å². The van der Waals surface area contributed by atoms with Crippen molar-refractivity contribution in [3.05, 3.63) is 29.0 Å². The Kier molecular flexibility index (Phi) is 4.35. The topological polar surface area (TPSA) is 46.0 Å². The fourth-order valence-electron chi connectivity index (χ4n) is 4.35. The first-order chi connectivity index (χ1) is 11.3. The van der Waals surface area contributed by atoms with Crippen LogP contribution in [-0.2, 0) is 13.6 Å². The number of aromatic nitrogens is 3. The van der Waals surface area contributed by atoms with Crippen LogP contribution in [0.5, 0.6) is 0 Å². The summed E-state index contributed by atoms with van der Waals surface area (Å²) in [6.45, 7) is 4.57. The maximum Gasteiger partial charge on any atom is 0.202 e. The van der Waals surface area contributed by atoms with Crippen molar-refractivity contribution in [2.45, 2.75) is 25.8 Å². The van der Waals surface area contributed by atoms with E-state index in [2.05, 4.69) is 30.1 Å². The summed E-state index contributed by atoms with van der Waals surface area (Å²) in [7, 11) is 2.05. The normalized spacial score (nSPS) is 28.0. The van der Waals surface area contributed by atoms with E-state index in [9.17, 15) is 0 Å². The van der Waals surface area contributed by atoms with Crippen LogP contribution >= 0.6 is 11.3 Å². The number of imidazole rings is 1. The minimum atomic E-state index is 0.770. The van der Waals surface area contributed by atoms with Crippen molar-refractivity contribution in [3.63, 3.8) is 0 Å². The molecule has 1 saturated carbocycles. The summed E-state index contributed by atoms with van der Waals surface area (Å²) in [6, 6.07) is 0. The molecule has 5 nitrogen and oxygen atoms in total. The molecule has 1 N–H and O–H groups in total. The van der Waals surface area contributed by atoms with Gasteiger partial charge >= 0.3 is 0 Å². The Bertz CT molecular complexity index is 623. The molecule has 4 rings (SSSR count). The summed E-state index contributed by atoms with van der Waals surface area (Å²) in [6.07, 6.45) is 9.90. The summed E-state index contributed by atoms with van der Waals surface area (Å²) < 4.78 is 2.06. The van der Waals surface area contributed by atoms with Crippen LogP contribution in [0, 0.1) is 17.8 Å². The number of rotatable bonds is 5. The molecule has 2 fully saturated rings. The zero-order valence-corrected chi connectivity index (χ0v) is 14.5. The van der Waals surface area contributed by atoms with Gasteiger partial charge in [0.05, 0.1) is 6.54 Å². The molecule has 3 heterocycles. The molecule has 124 valence electrons. The predicted molar refractivity (Wildman–Crippen MR) is 93.4 cm³/mol. The highest BCUT2D eigenvalue weighted by Crippen LogP contribution is 2.40. The van der Waals surface area contributed by atoms with Crippen LogP contribution in [0.1, 0.15) is 24.3 Å². The Morgan fingerprint density at radius 2 is 2.22 bits per heavy atom. The molecule has 0 amide bonds. The number of hydrogen-bond donors (Lipinski definition) is 1. The molecule has 2 aromatic rings. The fraction of sp³-hybridized carbons (Fsp3) is 0.647. The van der Waals surface area contributed by atoms with Crippen molar-refractivity contribution < 1.29 is 0 Å². The standard InChI is InChI=1S/C17H25N5S/c1-21-7-5-19-17(21)20-9-13-3-2-4-14-10-22(11-15(13)14)12-16-18-6-8-23-16/h5-8,13-15H,2-4,9-12H2,1H3,(H,19,20)/t13-,14+,15+/m0/s1. The maximum atomic E-state index is 4.45. The third kappa shape index (κ3) is 3.28. The molecule has 1 aliphatic heterocycles. The number of anilines is 1. The van der Waals surface area contributed by atoms with Crippen LogP contribution in [0.2, 0.25) is 0 Å². The summed E-state index contributed by atoms with van der Waals surface area (Å²) in [5, 5.41) is 6.90. The van der Waals surface area contributed by atoms with Gasteiger partial charge in [0.2, 0.25) is 5.95 Å². The number of nitrogens with one attached hydrogen (secondary N) is 1. The van der Waals surface area contributed by atoms with Crippen molar-refractivity contribution in [2.24, 2.45) is 24.8 Å². The lowest BCUT2D eigenvalue weighted by molar-refractivity contribution is 0.207. The van der Waals surface area contributed by atoms with Crippen molar-refractivity contribution in [1.82, 2.24) is 19.4 Å². The van der Waals surface area contributed by atoms with Gasteiger partial charge in [-0.05, 0) is 30.6 Å². The minimum absolute atomic E-state index is 0.770. The zero-order chi connectivity index (χ0) is 15.6. The molecule has 1 saturated heterocycles.